The lowest BCUT2D eigenvalue weighted by molar-refractivity contribution is 0.101. The van der Waals surface area contributed by atoms with Crippen LogP contribution in [0.1, 0.15) is 22.8 Å². The summed E-state index contributed by atoms with van der Waals surface area (Å²) >= 11 is 0. The molecule has 0 aliphatic heterocycles. The number of ketones is 1. The van der Waals surface area contributed by atoms with Gasteiger partial charge in [-0.25, -0.2) is 0 Å². The average Bonchev–Trinajstić information content (AvgIpc) is 2.53. The molecular formula is C19H16O2. The highest BCUT2D eigenvalue weighted by atomic mass is 16.5. The van der Waals surface area contributed by atoms with Gasteiger partial charge in [-0.1, -0.05) is 42.5 Å². The molecule has 0 amide bonds. The SMILES string of the molecule is CC(=O)c1ccc(OCc2cccc3ccccc23)cc1. The third-order valence-electron chi connectivity index (χ3n) is 3.54. The molecule has 3 rings (SSSR count). The van der Waals surface area contributed by atoms with Gasteiger partial charge in [-0.2, -0.15) is 0 Å². The van der Waals surface area contributed by atoms with E-state index in [9.17, 15) is 4.79 Å². The molecule has 0 bridgehead atoms. The molecule has 3 aromatic carbocycles. The summed E-state index contributed by atoms with van der Waals surface area (Å²) in [7, 11) is 0. The summed E-state index contributed by atoms with van der Waals surface area (Å²) in [4.78, 5) is 11.2. The van der Waals surface area contributed by atoms with Crippen molar-refractivity contribution in [2.75, 3.05) is 0 Å². The molecule has 2 heteroatoms. The van der Waals surface area contributed by atoms with Crippen LogP contribution in [-0.2, 0) is 6.61 Å². The van der Waals surface area contributed by atoms with E-state index in [4.69, 9.17) is 4.74 Å². The second-order valence-corrected chi connectivity index (χ2v) is 5.01. The fourth-order valence-electron chi connectivity index (χ4n) is 2.37. The second kappa shape index (κ2) is 5.80. The van der Waals surface area contributed by atoms with Crippen LogP contribution < -0.4 is 4.74 Å². The number of benzene rings is 3. The van der Waals surface area contributed by atoms with Crippen molar-refractivity contribution in [3.05, 3.63) is 77.9 Å². The van der Waals surface area contributed by atoms with Crippen molar-refractivity contribution in [2.24, 2.45) is 0 Å². The maximum atomic E-state index is 11.2. The summed E-state index contributed by atoms with van der Waals surface area (Å²) in [5.41, 5.74) is 1.86. The monoisotopic (exact) mass is 276 g/mol. The van der Waals surface area contributed by atoms with Gasteiger partial charge in [0, 0.05) is 5.56 Å². The van der Waals surface area contributed by atoms with Crippen LogP contribution in [0.4, 0.5) is 0 Å². The molecule has 0 radical (unpaired) electrons. The van der Waals surface area contributed by atoms with E-state index in [2.05, 4.69) is 24.3 Å². The van der Waals surface area contributed by atoms with Gasteiger partial charge in [-0.15, -0.1) is 0 Å². The first kappa shape index (κ1) is 13.4. The highest BCUT2D eigenvalue weighted by molar-refractivity contribution is 5.94. The Bertz CT molecular complexity index is 768. The number of hydrogen-bond acceptors (Lipinski definition) is 2. The number of ether oxygens (including phenoxy) is 1. The molecule has 2 nitrogen and oxygen atoms in total. The molecular weight excluding hydrogens is 260 g/mol. The Morgan fingerprint density at radius 1 is 0.905 bits per heavy atom. The van der Waals surface area contributed by atoms with E-state index >= 15 is 0 Å². The average molecular weight is 276 g/mol. The maximum Gasteiger partial charge on any atom is 0.159 e. The number of rotatable bonds is 4. The van der Waals surface area contributed by atoms with E-state index in [1.165, 1.54) is 10.8 Å². The molecule has 21 heavy (non-hydrogen) atoms. The van der Waals surface area contributed by atoms with Crippen molar-refractivity contribution in [1.29, 1.82) is 0 Å². The first-order chi connectivity index (χ1) is 10.2. The Kier molecular flexibility index (Phi) is 3.69. The van der Waals surface area contributed by atoms with E-state index in [0.29, 0.717) is 12.2 Å². The molecule has 0 saturated heterocycles. The van der Waals surface area contributed by atoms with Gasteiger partial charge in [0.1, 0.15) is 12.4 Å². The third kappa shape index (κ3) is 2.95. The predicted octanol–water partition coefficient (Wildman–Crippen LogP) is 4.62. The normalized spacial score (nSPS) is 10.5. The molecule has 0 heterocycles. The van der Waals surface area contributed by atoms with Crippen LogP contribution in [0, 0.1) is 0 Å². The minimum atomic E-state index is 0.0654. The lowest BCUT2D eigenvalue weighted by Gasteiger charge is -2.09. The number of fused-ring (bicyclic) bond motifs is 1. The fourth-order valence-corrected chi connectivity index (χ4v) is 2.37. The molecule has 104 valence electrons. The summed E-state index contributed by atoms with van der Waals surface area (Å²) in [6.07, 6.45) is 0. The zero-order valence-electron chi connectivity index (χ0n) is 11.9. The van der Waals surface area contributed by atoms with E-state index < -0.39 is 0 Å². The minimum absolute atomic E-state index is 0.0654. The summed E-state index contributed by atoms with van der Waals surface area (Å²) in [5, 5.41) is 2.42. The van der Waals surface area contributed by atoms with Crippen LogP contribution in [0.3, 0.4) is 0 Å². The van der Waals surface area contributed by atoms with E-state index in [1.54, 1.807) is 19.1 Å². The zero-order chi connectivity index (χ0) is 14.7. The Morgan fingerprint density at radius 2 is 1.62 bits per heavy atom. The van der Waals surface area contributed by atoms with Gasteiger partial charge < -0.3 is 4.74 Å². The summed E-state index contributed by atoms with van der Waals surface area (Å²) in [5.74, 6) is 0.837. The standard InChI is InChI=1S/C19H16O2/c1-14(20)15-9-11-18(12-10-15)21-13-17-7-4-6-16-5-2-3-8-19(16)17/h2-12H,13H2,1H3. The smallest absolute Gasteiger partial charge is 0.159 e. The molecule has 0 saturated carbocycles. The van der Waals surface area contributed by atoms with Crippen molar-refractivity contribution in [2.45, 2.75) is 13.5 Å². The fraction of sp³-hybridized carbons (Fsp3) is 0.105. The predicted molar refractivity (Wildman–Crippen MR) is 84.7 cm³/mol. The zero-order valence-corrected chi connectivity index (χ0v) is 11.9. The van der Waals surface area contributed by atoms with Gasteiger partial charge in [-0.05, 0) is 47.5 Å². The van der Waals surface area contributed by atoms with Crippen molar-refractivity contribution in [3.63, 3.8) is 0 Å². The molecule has 0 spiro atoms. The first-order valence-corrected chi connectivity index (χ1v) is 6.94. The van der Waals surface area contributed by atoms with Gasteiger partial charge in [0.2, 0.25) is 0 Å². The topological polar surface area (TPSA) is 26.3 Å². The molecule has 0 N–H and O–H groups in total. The lowest BCUT2D eigenvalue weighted by atomic mass is 10.1. The van der Waals surface area contributed by atoms with E-state index in [1.807, 2.05) is 30.3 Å². The van der Waals surface area contributed by atoms with Crippen molar-refractivity contribution in [1.82, 2.24) is 0 Å². The maximum absolute atomic E-state index is 11.2. The van der Waals surface area contributed by atoms with Crippen LogP contribution in [0.15, 0.2) is 66.7 Å². The van der Waals surface area contributed by atoms with Crippen LogP contribution in [0.25, 0.3) is 10.8 Å². The Morgan fingerprint density at radius 3 is 2.38 bits per heavy atom. The number of hydrogen-bond donors (Lipinski definition) is 0. The lowest BCUT2D eigenvalue weighted by Crippen LogP contribution is -1.97. The highest BCUT2D eigenvalue weighted by Gasteiger charge is 2.03. The van der Waals surface area contributed by atoms with Crippen LogP contribution in [-0.4, -0.2) is 5.78 Å². The van der Waals surface area contributed by atoms with Gasteiger partial charge >= 0.3 is 0 Å². The number of carbonyl (C=O) groups is 1. The van der Waals surface area contributed by atoms with Crippen molar-refractivity contribution in [3.8, 4) is 5.75 Å². The molecule has 0 fully saturated rings. The molecule has 3 aromatic rings. The van der Waals surface area contributed by atoms with Crippen LogP contribution in [0.5, 0.6) is 5.75 Å². The first-order valence-electron chi connectivity index (χ1n) is 6.94. The van der Waals surface area contributed by atoms with E-state index in [-0.39, 0.29) is 5.78 Å². The Labute approximate surface area is 124 Å². The van der Waals surface area contributed by atoms with Crippen molar-refractivity contribution < 1.29 is 9.53 Å². The van der Waals surface area contributed by atoms with Gasteiger partial charge in [-0.3, -0.25) is 4.79 Å². The Balaban J connectivity index is 1.79. The third-order valence-corrected chi connectivity index (χ3v) is 3.54. The molecule has 0 aliphatic rings. The molecule has 0 atom stereocenters. The van der Waals surface area contributed by atoms with E-state index in [0.717, 1.165) is 11.3 Å². The van der Waals surface area contributed by atoms with Crippen molar-refractivity contribution >= 4 is 16.6 Å². The molecule has 0 unspecified atom stereocenters. The van der Waals surface area contributed by atoms with Crippen LogP contribution >= 0.6 is 0 Å². The number of Topliss-reactive ketones (excluding diaryl/α,β-unsaturated/α-hetero) is 1. The van der Waals surface area contributed by atoms with Gasteiger partial charge in [0.25, 0.3) is 0 Å². The molecule has 0 aliphatic carbocycles. The summed E-state index contributed by atoms with van der Waals surface area (Å²) in [6.45, 7) is 2.08. The summed E-state index contributed by atoms with van der Waals surface area (Å²) in [6, 6.07) is 21.7. The quantitative estimate of drug-likeness (QED) is 0.650. The van der Waals surface area contributed by atoms with Gasteiger partial charge in [0.15, 0.2) is 5.78 Å². The molecule has 0 aromatic heterocycles. The minimum Gasteiger partial charge on any atom is -0.489 e. The second-order valence-electron chi connectivity index (χ2n) is 5.01. The highest BCUT2D eigenvalue weighted by Crippen LogP contribution is 2.21. The number of carbonyl (C=O) groups excluding carboxylic acids is 1. The largest absolute Gasteiger partial charge is 0.489 e. The van der Waals surface area contributed by atoms with Gasteiger partial charge in [0.05, 0.1) is 0 Å². The van der Waals surface area contributed by atoms with Crippen LogP contribution in [0.2, 0.25) is 0 Å². The Hall–Kier alpha value is -2.61. The summed E-state index contributed by atoms with van der Waals surface area (Å²) < 4.78 is 5.82.